The number of carbonyl (C=O) groups excluding carboxylic acids is 1. The Hall–Kier alpha value is -0.660. The van der Waals surface area contributed by atoms with E-state index in [-0.39, 0.29) is 11.7 Å². The van der Waals surface area contributed by atoms with Crippen LogP contribution in [0.1, 0.15) is 6.42 Å². The lowest BCUT2D eigenvalue weighted by atomic mass is 10.1. The van der Waals surface area contributed by atoms with Crippen molar-refractivity contribution in [2.75, 3.05) is 51.9 Å². The van der Waals surface area contributed by atoms with Crippen LogP contribution in [0.2, 0.25) is 0 Å². The van der Waals surface area contributed by atoms with Gasteiger partial charge in [-0.1, -0.05) is 0 Å². The number of ether oxygens (including phenoxy) is 1. The molecular formula is C11H22N2O4S. The van der Waals surface area contributed by atoms with E-state index < -0.39 is 15.6 Å². The molecule has 0 aromatic heterocycles. The second kappa shape index (κ2) is 7.06. The first-order valence-electron chi connectivity index (χ1n) is 6.10. The number of amides is 1. The highest BCUT2D eigenvalue weighted by Crippen LogP contribution is 2.10. The molecule has 1 unspecified atom stereocenters. The van der Waals surface area contributed by atoms with Crippen molar-refractivity contribution in [2.45, 2.75) is 6.42 Å². The van der Waals surface area contributed by atoms with Gasteiger partial charge in [0.05, 0.1) is 12.4 Å². The van der Waals surface area contributed by atoms with E-state index in [1.165, 1.54) is 4.90 Å². The van der Waals surface area contributed by atoms with Crippen LogP contribution < -0.4 is 5.32 Å². The molecule has 0 radical (unpaired) electrons. The maximum atomic E-state index is 11.6. The smallest absolute Gasteiger partial charge is 0.237 e. The molecule has 18 heavy (non-hydrogen) atoms. The SMILES string of the molecule is CN(C)C(=O)CS(=O)(=O)CCNCC1CCOC1. The van der Waals surface area contributed by atoms with Crippen molar-refractivity contribution < 1.29 is 17.9 Å². The second-order valence-corrected chi connectivity index (χ2v) is 7.00. The van der Waals surface area contributed by atoms with Gasteiger partial charge in [0.15, 0.2) is 9.84 Å². The Bertz CT molecular complexity index is 361. The van der Waals surface area contributed by atoms with Gasteiger partial charge in [-0.2, -0.15) is 0 Å². The molecule has 0 bridgehead atoms. The molecule has 7 heteroatoms. The standard InChI is InChI=1S/C11H22N2O4S/c1-13(2)11(14)9-18(15,16)6-4-12-7-10-3-5-17-8-10/h10,12H,3-9H2,1-2H3. The quantitative estimate of drug-likeness (QED) is 0.612. The largest absolute Gasteiger partial charge is 0.381 e. The lowest BCUT2D eigenvalue weighted by Crippen LogP contribution is -2.34. The Morgan fingerprint density at radius 3 is 2.72 bits per heavy atom. The Morgan fingerprint density at radius 2 is 2.17 bits per heavy atom. The van der Waals surface area contributed by atoms with Crippen molar-refractivity contribution in [3.05, 3.63) is 0 Å². The fraction of sp³-hybridized carbons (Fsp3) is 0.909. The van der Waals surface area contributed by atoms with E-state index in [1.54, 1.807) is 14.1 Å². The monoisotopic (exact) mass is 278 g/mol. The molecule has 1 aliphatic heterocycles. The summed E-state index contributed by atoms with van der Waals surface area (Å²) in [4.78, 5) is 12.6. The highest BCUT2D eigenvalue weighted by atomic mass is 32.2. The molecule has 1 fully saturated rings. The van der Waals surface area contributed by atoms with Crippen LogP contribution in [0.25, 0.3) is 0 Å². The fourth-order valence-corrected chi connectivity index (χ4v) is 2.90. The van der Waals surface area contributed by atoms with Gasteiger partial charge in [-0.05, 0) is 12.3 Å². The van der Waals surface area contributed by atoms with Gasteiger partial charge in [-0.3, -0.25) is 4.79 Å². The number of hydrogen-bond acceptors (Lipinski definition) is 5. The highest BCUT2D eigenvalue weighted by Gasteiger charge is 2.18. The Kier molecular flexibility index (Phi) is 6.04. The first kappa shape index (κ1) is 15.4. The predicted octanol–water partition coefficient (Wildman–Crippen LogP) is -0.884. The van der Waals surface area contributed by atoms with Gasteiger partial charge in [0.2, 0.25) is 5.91 Å². The van der Waals surface area contributed by atoms with Gasteiger partial charge in [0.1, 0.15) is 5.75 Å². The third-order valence-electron chi connectivity index (χ3n) is 2.89. The van der Waals surface area contributed by atoms with E-state index in [2.05, 4.69) is 5.32 Å². The third kappa shape index (κ3) is 5.79. The summed E-state index contributed by atoms with van der Waals surface area (Å²) in [6, 6.07) is 0. The van der Waals surface area contributed by atoms with Crippen molar-refractivity contribution in [2.24, 2.45) is 5.92 Å². The lowest BCUT2D eigenvalue weighted by Gasteiger charge is -2.12. The summed E-state index contributed by atoms with van der Waals surface area (Å²) in [6.45, 7) is 2.71. The number of sulfone groups is 1. The van der Waals surface area contributed by atoms with E-state index in [0.717, 1.165) is 26.2 Å². The first-order valence-corrected chi connectivity index (χ1v) is 7.92. The molecule has 0 aromatic carbocycles. The van der Waals surface area contributed by atoms with E-state index in [4.69, 9.17) is 4.74 Å². The summed E-state index contributed by atoms with van der Waals surface area (Å²) < 4.78 is 28.5. The van der Waals surface area contributed by atoms with E-state index in [0.29, 0.717) is 12.5 Å². The molecule has 1 heterocycles. The zero-order chi connectivity index (χ0) is 13.6. The topological polar surface area (TPSA) is 75.7 Å². The lowest BCUT2D eigenvalue weighted by molar-refractivity contribution is -0.125. The molecule has 1 aliphatic rings. The molecule has 1 saturated heterocycles. The Balaban J connectivity index is 2.18. The average molecular weight is 278 g/mol. The molecule has 1 amide bonds. The van der Waals surface area contributed by atoms with Crippen molar-refractivity contribution in [1.29, 1.82) is 0 Å². The van der Waals surface area contributed by atoms with E-state index in [1.807, 2.05) is 0 Å². The molecular weight excluding hydrogens is 256 g/mol. The zero-order valence-electron chi connectivity index (χ0n) is 11.0. The van der Waals surface area contributed by atoms with Gasteiger partial charge in [0, 0.05) is 33.8 Å². The predicted molar refractivity (Wildman–Crippen MR) is 69.1 cm³/mol. The molecule has 0 spiro atoms. The number of nitrogens with zero attached hydrogens (tertiary/aromatic N) is 1. The molecule has 1 N–H and O–H groups in total. The van der Waals surface area contributed by atoms with Gasteiger partial charge in [0.25, 0.3) is 0 Å². The summed E-state index contributed by atoms with van der Waals surface area (Å²) in [5, 5.41) is 3.10. The number of hydrogen-bond donors (Lipinski definition) is 1. The van der Waals surface area contributed by atoms with Crippen LogP contribution >= 0.6 is 0 Å². The molecule has 0 aromatic rings. The minimum Gasteiger partial charge on any atom is -0.381 e. The number of rotatable bonds is 7. The van der Waals surface area contributed by atoms with Crippen molar-refractivity contribution in [3.8, 4) is 0 Å². The van der Waals surface area contributed by atoms with Crippen LogP contribution in [0, 0.1) is 5.92 Å². The fourth-order valence-electron chi connectivity index (χ4n) is 1.67. The van der Waals surface area contributed by atoms with Crippen LogP contribution in [0.15, 0.2) is 0 Å². The van der Waals surface area contributed by atoms with Crippen molar-refractivity contribution in [3.63, 3.8) is 0 Å². The number of nitrogens with one attached hydrogen (secondary N) is 1. The summed E-state index contributed by atoms with van der Waals surface area (Å²) in [7, 11) is -0.203. The maximum absolute atomic E-state index is 11.6. The van der Waals surface area contributed by atoms with Crippen LogP contribution in [0.4, 0.5) is 0 Å². The maximum Gasteiger partial charge on any atom is 0.237 e. The third-order valence-corrected chi connectivity index (χ3v) is 4.40. The van der Waals surface area contributed by atoms with Gasteiger partial charge in [-0.25, -0.2) is 8.42 Å². The normalized spacial score (nSPS) is 20.0. The van der Waals surface area contributed by atoms with Crippen LogP contribution in [0.3, 0.4) is 0 Å². The zero-order valence-corrected chi connectivity index (χ0v) is 11.8. The first-order chi connectivity index (χ1) is 8.41. The molecule has 106 valence electrons. The van der Waals surface area contributed by atoms with Gasteiger partial charge < -0.3 is 15.0 Å². The molecule has 0 aliphatic carbocycles. The second-order valence-electron chi connectivity index (χ2n) is 4.81. The minimum absolute atomic E-state index is 0.000156. The summed E-state index contributed by atoms with van der Waals surface area (Å²) in [5.41, 5.74) is 0. The summed E-state index contributed by atoms with van der Waals surface area (Å²) >= 11 is 0. The minimum atomic E-state index is -3.31. The van der Waals surface area contributed by atoms with Gasteiger partial charge >= 0.3 is 0 Å². The summed E-state index contributed by atoms with van der Waals surface area (Å²) in [6.07, 6.45) is 1.03. The molecule has 1 atom stereocenters. The van der Waals surface area contributed by atoms with Crippen LogP contribution in [-0.4, -0.2) is 71.1 Å². The van der Waals surface area contributed by atoms with Crippen molar-refractivity contribution >= 4 is 15.7 Å². The van der Waals surface area contributed by atoms with E-state index in [9.17, 15) is 13.2 Å². The van der Waals surface area contributed by atoms with Crippen molar-refractivity contribution in [1.82, 2.24) is 10.2 Å². The summed E-state index contributed by atoms with van der Waals surface area (Å²) in [5.74, 6) is -0.302. The molecule has 0 saturated carbocycles. The Morgan fingerprint density at radius 1 is 1.44 bits per heavy atom. The average Bonchev–Trinajstić information content (AvgIpc) is 2.76. The highest BCUT2D eigenvalue weighted by molar-refractivity contribution is 7.92. The van der Waals surface area contributed by atoms with E-state index >= 15 is 0 Å². The van der Waals surface area contributed by atoms with Crippen LogP contribution in [-0.2, 0) is 19.4 Å². The number of carbonyl (C=O) groups is 1. The van der Waals surface area contributed by atoms with Gasteiger partial charge in [-0.15, -0.1) is 0 Å². The molecule has 1 rings (SSSR count). The Labute approximate surface area is 109 Å². The van der Waals surface area contributed by atoms with Crippen LogP contribution in [0.5, 0.6) is 0 Å². The molecule has 6 nitrogen and oxygen atoms in total.